The number of rotatable bonds is 12. The van der Waals surface area contributed by atoms with Crippen molar-refractivity contribution in [2.24, 2.45) is 50.2 Å². The van der Waals surface area contributed by atoms with Gasteiger partial charge in [0, 0.05) is 5.41 Å². The van der Waals surface area contributed by atoms with E-state index in [1.54, 1.807) is 0 Å². The van der Waals surface area contributed by atoms with Gasteiger partial charge in [-0.25, -0.2) is 0 Å². The van der Waals surface area contributed by atoms with E-state index in [4.69, 9.17) is 47.4 Å². The first-order chi connectivity index (χ1) is 40.2. The highest BCUT2D eigenvalue weighted by Crippen LogP contribution is 2.76. The fourth-order valence-corrected chi connectivity index (χ4v) is 17.8. The summed E-state index contributed by atoms with van der Waals surface area (Å²) in [6, 6.07) is 0. The summed E-state index contributed by atoms with van der Waals surface area (Å²) in [7, 11) is 0. The molecule has 10 aliphatic rings. The monoisotopic (exact) mass is 1240 g/mol. The number of hydrogen-bond acceptors (Lipinski definition) is 27. The van der Waals surface area contributed by atoms with E-state index >= 15 is 4.79 Å². The fraction of sp³-hybridized carbons (Fsp3) is 0.949. The minimum atomic E-state index is -1.99. The second-order valence-electron chi connectivity index (χ2n) is 28.7. The van der Waals surface area contributed by atoms with Gasteiger partial charge in [-0.1, -0.05) is 53.2 Å². The molecular formula is C59H96O27. The van der Waals surface area contributed by atoms with Crippen LogP contribution in [0.3, 0.4) is 0 Å². The van der Waals surface area contributed by atoms with E-state index in [1.165, 1.54) is 20.8 Å². The molecule has 0 aromatic heterocycles. The van der Waals surface area contributed by atoms with E-state index in [1.807, 2.05) is 6.92 Å². The van der Waals surface area contributed by atoms with Crippen molar-refractivity contribution in [3.05, 3.63) is 11.6 Å². The molecule has 86 heavy (non-hydrogen) atoms. The van der Waals surface area contributed by atoms with Crippen molar-refractivity contribution >= 4 is 5.97 Å². The molecular weight excluding hydrogens is 1140 g/mol. The molecule has 0 aromatic rings. The van der Waals surface area contributed by atoms with Crippen LogP contribution in [0, 0.1) is 50.2 Å². The Labute approximate surface area is 499 Å². The lowest BCUT2D eigenvalue weighted by Gasteiger charge is -2.72. The molecule has 1 unspecified atom stereocenters. The van der Waals surface area contributed by atoms with Crippen molar-refractivity contribution in [3.8, 4) is 0 Å². The van der Waals surface area contributed by atoms with Crippen LogP contribution in [0.5, 0.6) is 0 Å². The lowest BCUT2D eigenvalue weighted by atomic mass is 9.33. The van der Waals surface area contributed by atoms with Gasteiger partial charge < -0.3 is 129 Å². The zero-order valence-electron chi connectivity index (χ0n) is 50.3. The van der Waals surface area contributed by atoms with Gasteiger partial charge in [0.2, 0.25) is 6.29 Å². The molecule has 0 spiro atoms. The van der Waals surface area contributed by atoms with Gasteiger partial charge >= 0.3 is 5.97 Å². The van der Waals surface area contributed by atoms with Crippen LogP contribution in [-0.2, 0) is 52.2 Å². The second-order valence-corrected chi connectivity index (χ2v) is 28.7. The molecule has 35 atom stereocenters. The molecule has 16 N–H and O–H groups in total. The predicted octanol–water partition coefficient (Wildman–Crippen LogP) is -3.58. The van der Waals surface area contributed by atoms with Crippen molar-refractivity contribution < 1.29 is 134 Å². The number of aliphatic hydroxyl groups is 16. The van der Waals surface area contributed by atoms with Gasteiger partial charge in [0.05, 0.1) is 56.4 Å². The van der Waals surface area contributed by atoms with Gasteiger partial charge in [-0.05, 0) is 112 Å². The average molecular weight is 1240 g/mol. The van der Waals surface area contributed by atoms with E-state index in [-0.39, 0.29) is 36.5 Å². The topological polar surface area (TPSA) is 433 Å². The Balaban J connectivity index is 0.865. The molecule has 0 bridgehead atoms. The summed E-state index contributed by atoms with van der Waals surface area (Å²) in [5.74, 6) is -1.85. The number of allylic oxidation sites excluding steroid dienone is 2. The Morgan fingerprint density at radius 3 is 1.74 bits per heavy atom. The first kappa shape index (κ1) is 67.1. The highest BCUT2D eigenvalue weighted by atomic mass is 16.8. The Kier molecular flexibility index (Phi) is 18.9. The number of fused-ring (bicyclic) bond motifs is 7. The zero-order valence-corrected chi connectivity index (χ0v) is 50.3. The summed E-state index contributed by atoms with van der Waals surface area (Å²) < 4.78 is 59.4. The quantitative estimate of drug-likeness (QED) is 0.0510. The molecule has 0 radical (unpaired) electrons. The Morgan fingerprint density at radius 1 is 0.547 bits per heavy atom. The standard InChI is InChI=1S/C59H96O27/c1-22-33(65)36(68)40(72)49(78-22)83-45-28(63)20-77-48(43(45)75)82-44-24(3)80-50(42(74)39(44)71)84-46-38(70)34(66)23(2)79-52(46)86-53(76)59-15-14-54(4,5)16-26(59)25-10-11-31-55(6)17-27(62)47(85-51-41(73)37(69)35(67)29(19-60)81-51)56(7,21-61)30(55)12-13-57(31,8)58(25,9)18-32(59)64/h10,22-24,26-52,60-75H,11-21H2,1-9H3/t22-,23+,24-,26-,27-,28+,29+,30?,31+,32+,33-,34-,35+,36+,37-,38+,39-,40+,41+,42+,43+,44-,45+,46+,47-,48-,49-,50-,51-,52-,55-,56-,57+,58+,59+/m0/s1. The minimum Gasteiger partial charge on any atom is -0.432 e. The number of carbonyl (C=O) groups excluding carboxylic acids is 1. The summed E-state index contributed by atoms with van der Waals surface area (Å²) in [5.41, 5.74) is -4.01. The maximum absolute atomic E-state index is 15.6. The molecule has 0 amide bonds. The number of carbonyl (C=O) groups is 1. The van der Waals surface area contributed by atoms with Gasteiger partial charge in [-0.3, -0.25) is 4.79 Å². The smallest absolute Gasteiger partial charge is 0.317 e. The van der Waals surface area contributed by atoms with E-state index in [9.17, 15) is 81.7 Å². The summed E-state index contributed by atoms with van der Waals surface area (Å²) in [6.07, 6.45) is -36.8. The van der Waals surface area contributed by atoms with Crippen LogP contribution in [0.15, 0.2) is 11.6 Å². The third-order valence-corrected chi connectivity index (χ3v) is 23.1. The lowest BCUT2D eigenvalue weighted by molar-refractivity contribution is -0.380. The van der Waals surface area contributed by atoms with Crippen molar-refractivity contribution in [2.75, 3.05) is 19.8 Å². The summed E-state index contributed by atoms with van der Waals surface area (Å²) in [5, 5.41) is 178. The highest BCUT2D eigenvalue weighted by Gasteiger charge is 2.73. The first-order valence-corrected chi connectivity index (χ1v) is 30.7. The van der Waals surface area contributed by atoms with Crippen LogP contribution in [-0.4, -0.2) is 273 Å². The van der Waals surface area contributed by atoms with Crippen LogP contribution < -0.4 is 0 Å². The Bertz CT molecular complexity index is 2420. The van der Waals surface area contributed by atoms with Crippen LogP contribution in [0.1, 0.15) is 114 Å². The van der Waals surface area contributed by atoms with Crippen molar-refractivity contribution in [1.82, 2.24) is 0 Å². The number of hydrogen-bond donors (Lipinski definition) is 16. The van der Waals surface area contributed by atoms with Crippen molar-refractivity contribution in [1.29, 1.82) is 0 Å². The Hall–Kier alpha value is -1.79. The molecule has 5 saturated heterocycles. The first-order valence-electron chi connectivity index (χ1n) is 30.7. The van der Waals surface area contributed by atoms with Gasteiger partial charge in [0.15, 0.2) is 31.3 Å². The van der Waals surface area contributed by atoms with E-state index in [0.29, 0.717) is 32.1 Å². The van der Waals surface area contributed by atoms with Crippen LogP contribution in [0.25, 0.3) is 0 Å². The molecule has 9 fully saturated rings. The van der Waals surface area contributed by atoms with Gasteiger partial charge in [0.25, 0.3) is 0 Å². The van der Waals surface area contributed by atoms with E-state index in [0.717, 1.165) is 5.57 Å². The minimum absolute atomic E-state index is 0.120. The third kappa shape index (κ3) is 10.8. The molecule has 10 rings (SSSR count). The molecule has 494 valence electrons. The summed E-state index contributed by atoms with van der Waals surface area (Å²) in [6.45, 7) is 15.2. The van der Waals surface area contributed by atoms with Crippen LogP contribution in [0.2, 0.25) is 0 Å². The molecule has 4 saturated carbocycles. The SMILES string of the molecule is C[C@@H]1O[C@@H](O[C@H]2[C@@H](O)[C@H](O[C@@H]3[C@@H](O)[C@@H](O)[C@H](O[C@H]4[C@H](OC(=O)[C@]56CCC(C)(C)C[C@H]5C5=CC[C@@H]7[C@@]8(C)C[C@H](O)[C@H](O[C@@H]9O[C@H](CO)[C@@H](O)[C@H](O)[C@H]9O)[C@@](C)(CO)C8CC[C@@]7(C)[C@]5(C)C[C@H]6O)O[C@H](C)[C@H](O)[C@H]4O)O[C@H]3C)OC[C@H]2O)[C@H](O)[C@H](O)[C@H]1O. The van der Waals surface area contributed by atoms with Gasteiger partial charge in [0.1, 0.15) is 97.0 Å². The van der Waals surface area contributed by atoms with Crippen LogP contribution >= 0.6 is 0 Å². The van der Waals surface area contributed by atoms with Gasteiger partial charge in [-0.15, -0.1) is 0 Å². The predicted molar refractivity (Wildman–Crippen MR) is 289 cm³/mol. The lowest BCUT2D eigenvalue weighted by Crippen LogP contribution is -2.70. The van der Waals surface area contributed by atoms with E-state index < -0.39 is 225 Å². The number of esters is 1. The molecule has 27 nitrogen and oxygen atoms in total. The molecule has 5 aliphatic carbocycles. The maximum atomic E-state index is 15.6. The largest absolute Gasteiger partial charge is 0.432 e. The molecule has 27 heteroatoms. The number of aliphatic hydroxyl groups excluding tert-OH is 16. The fourth-order valence-electron chi connectivity index (χ4n) is 17.8. The summed E-state index contributed by atoms with van der Waals surface area (Å²) in [4.78, 5) is 15.6. The van der Waals surface area contributed by atoms with Crippen LogP contribution in [0.4, 0.5) is 0 Å². The van der Waals surface area contributed by atoms with E-state index in [2.05, 4.69) is 40.7 Å². The highest BCUT2D eigenvalue weighted by molar-refractivity contribution is 5.80. The molecule has 5 aliphatic heterocycles. The van der Waals surface area contributed by atoms with Crippen molar-refractivity contribution in [3.63, 3.8) is 0 Å². The Morgan fingerprint density at radius 2 is 1.10 bits per heavy atom. The number of ether oxygens (including phenoxy) is 10. The molecule has 5 heterocycles. The normalized spacial score (nSPS) is 56.5. The summed E-state index contributed by atoms with van der Waals surface area (Å²) >= 11 is 0. The second kappa shape index (κ2) is 24.3. The van der Waals surface area contributed by atoms with Crippen molar-refractivity contribution in [2.45, 2.75) is 279 Å². The zero-order chi connectivity index (χ0) is 63.0. The maximum Gasteiger partial charge on any atom is 0.317 e. The molecule has 0 aromatic carbocycles. The third-order valence-electron chi connectivity index (χ3n) is 23.1. The average Bonchev–Trinajstić information content (AvgIpc) is 0.673. The van der Waals surface area contributed by atoms with Gasteiger partial charge in [-0.2, -0.15) is 0 Å².